The van der Waals surface area contributed by atoms with Crippen molar-refractivity contribution in [1.82, 2.24) is 25.6 Å². The van der Waals surface area contributed by atoms with E-state index in [0.717, 1.165) is 29.7 Å². The van der Waals surface area contributed by atoms with E-state index in [9.17, 15) is 20.1 Å². The molecule has 3 aromatic rings. The minimum atomic E-state index is -0.999. The molecule has 0 aliphatic carbocycles. The molecule has 0 aliphatic heterocycles. The van der Waals surface area contributed by atoms with Crippen LogP contribution in [0.1, 0.15) is 35.7 Å². The highest BCUT2D eigenvalue weighted by Gasteiger charge is 2.19. The molecule has 0 radical (unpaired) electrons. The highest BCUT2D eigenvalue weighted by Crippen LogP contribution is 2.17. The number of aliphatic carboxylic acids is 1. The number of hydrogen-bond acceptors (Lipinski definition) is 7. The van der Waals surface area contributed by atoms with Gasteiger partial charge in [-0.25, -0.2) is 4.68 Å². The molecule has 192 valence electrons. The van der Waals surface area contributed by atoms with Crippen LogP contribution in [0.15, 0.2) is 65.8 Å². The van der Waals surface area contributed by atoms with Crippen LogP contribution in [0.2, 0.25) is 0 Å². The Morgan fingerprint density at radius 3 is 2.58 bits per heavy atom. The standard InChI is InChI=1S/C25H33N7O4/c26-25(28-14-12-18-8-10-21(33)11-9-18)27-13-4-7-20-16-32(31-30-20)17-23(34)29-22(15-24(35)36)19-5-2-1-3-6-19/h1-3,5-6,8-11,16,22-23,29,33-34H,4,7,12-15,17H2,(H,35,36)(H3,26,27,28). The van der Waals surface area contributed by atoms with Gasteiger partial charge in [0.15, 0.2) is 5.96 Å². The third-order valence-corrected chi connectivity index (χ3v) is 5.45. The number of aromatic nitrogens is 3. The van der Waals surface area contributed by atoms with Crippen molar-refractivity contribution in [3.8, 4) is 5.75 Å². The van der Waals surface area contributed by atoms with Crippen LogP contribution in [0.25, 0.3) is 0 Å². The van der Waals surface area contributed by atoms with Gasteiger partial charge in [-0.05, 0) is 42.5 Å². The third-order valence-electron chi connectivity index (χ3n) is 5.45. The number of nitrogens with two attached hydrogens (primary N) is 1. The lowest BCUT2D eigenvalue weighted by Crippen LogP contribution is -2.37. The highest BCUT2D eigenvalue weighted by molar-refractivity contribution is 5.77. The molecule has 0 bridgehead atoms. The lowest BCUT2D eigenvalue weighted by Gasteiger charge is -2.21. The number of hydrogen-bond donors (Lipinski definition) is 6. The summed E-state index contributed by atoms with van der Waals surface area (Å²) in [5.41, 5.74) is 8.55. The molecule has 1 heterocycles. The highest BCUT2D eigenvalue weighted by atomic mass is 16.4. The van der Waals surface area contributed by atoms with Crippen molar-refractivity contribution in [2.24, 2.45) is 10.7 Å². The Kier molecular flexibility index (Phi) is 10.2. The molecule has 0 fully saturated rings. The summed E-state index contributed by atoms with van der Waals surface area (Å²) in [6, 6.07) is 15.7. The topological polar surface area (TPSA) is 171 Å². The van der Waals surface area contributed by atoms with Crippen LogP contribution in [-0.4, -0.2) is 61.6 Å². The Balaban J connectivity index is 1.38. The molecular formula is C25H33N7O4. The van der Waals surface area contributed by atoms with Gasteiger partial charge in [0.1, 0.15) is 12.0 Å². The van der Waals surface area contributed by atoms with Crippen LogP contribution >= 0.6 is 0 Å². The second-order valence-corrected chi connectivity index (χ2v) is 8.39. The summed E-state index contributed by atoms with van der Waals surface area (Å²) >= 11 is 0. The van der Waals surface area contributed by atoms with Crippen LogP contribution < -0.4 is 16.4 Å². The molecule has 1 aromatic heterocycles. The fraction of sp³-hybridized carbons (Fsp3) is 0.360. The molecule has 11 nitrogen and oxygen atoms in total. The Hall–Kier alpha value is -3.96. The first-order chi connectivity index (χ1) is 17.4. The number of aryl methyl sites for hydroxylation is 1. The van der Waals surface area contributed by atoms with E-state index in [1.807, 2.05) is 42.5 Å². The van der Waals surface area contributed by atoms with Crippen LogP contribution in [-0.2, 0) is 24.2 Å². The summed E-state index contributed by atoms with van der Waals surface area (Å²) in [4.78, 5) is 15.6. The van der Waals surface area contributed by atoms with Gasteiger partial charge in [0.05, 0.1) is 18.7 Å². The molecule has 36 heavy (non-hydrogen) atoms. The van der Waals surface area contributed by atoms with E-state index in [4.69, 9.17) is 5.73 Å². The Morgan fingerprint density at radius 1 is 1.11 bits per heavy atom. The largest absolute Gasteiger partial charge is 0.508 e. The summed E-state index contributed by atoms with van der Waals surface area (Å²) < 4.78 is 1.53. The van der Waals surface area contributed by atoms with Gasteiger partial charge in [-0.2, -0.15) is 0 Å². The molecule has 0 aliphatic rings. The van der Waals surface area contributed by atoms with Crippen LogP contribution in [0.5, 0.6) is 5.75 Å². The number of nitrogens with one attached hydrogen (secondary N) is 2. The van der Waals surface area contributed by atoms with E-state index in [2.05, 4.69) is 25.9 Å². The molecule has 0 amide bonds. The maximum atomic E-state index is 11.2. The minimum Gasteiger partial charge on any atom is -0.508 e. The molecule has 2 atom stereocenters. The average molecular weight is 496 g/mol. The fourth-order valence-electron chi connectivity index (χ4n) is 3.65. The van der Waals surface area contributed by atoms with Gasteiger partial charge < -0.3 is 26.4 Å². The number of carboxylic acid groups (broad SMARTS) is 1. The normalized spacial score (nSPS) is 13.3. The smallest absolute Gasteiger partial charge is 0.305 e. The van der Waals surface area contributed by atoms with Gasteiger partial charge >= 0.3 is 5.97 Å². The van der Waals surface area contributed by atoms with Gasteiger partial charge in [0.2, 0.25) is 0 Å². The van der Waals surface area contributed by atoms with E-state index in [1.54, 1.807) is 18.3 Å². The van der Waals surface area contributed by atoms with Crippen molar-refractivity contribution in [1.29, 1.82) is 0 Å². The number of benzene rings is 2. The van der Waals surface area contributed by atoms with Crippen molar-refractivity contribution < 1.29 is 20.1 Å². The zero-order chi connectivity index (χ0) is 25.8. The predicted octanol–water partition coefficient (Wildman–Crippen LogP) is 1.19. The van der Waals surface area contributed by atoms with Crippen LogP contribution in [0.3, 0.4) is 0 Å². The molecule has 0 saturated carbocycles. The summed E-state index contributed by atoms with van der Waals surface area (Å²) in [5, 5.41) is 43.2. The SMILES string of the molecule is NC(=NCCCc1cn(CC(O)NC(CC(=O)O)c2ccccc2)nn1)NCCc1ccc(O)cc1. The zero-order valence-electron chi connectivity index (χ0n) is 20.0. The first-order valence-electron chi connectivity index (χ1n) is 11.8. The van der Waals surface area contributed by atoms with Crippen molar-refractivity contribution in [2.45, 2.75) is 44.5 Å². The average Bonchev–Trinajstić information content (AvgIpc) is 3.30. The quantitative estimate of drug-likeness (QED) is 0.0831. The summed E-state index contributed by atoms with van der Waals surface area (Å²) in [5.74, 6) is -0.337. The van der Waals surface area contributed by atoms with E-state index < -0.39 is 18.2 Å². The van der Waals surface area contributed by atoms with Crippen LogP contribution in [0.4, 0.5) is 0 Å². The maximum Gasteiger partial charge on any atom is 0.305 e. The van der Waals surface area contributed by atoms with Gasteiger partial charge in [-0.1, -0.05) is 47.7 Å². The van der Waals surface area contributed by atoms with E-state index >= 15 is 0 Å². The number of aliphatic hydroxyl groups is 1. The molecule has 0 spiro atoms. The summed E-state index contributed by atoms with van der Waals surface area (Å²) in [7, 11) is 0. The van der Waals surface area contributed by atoms with Crippen molar-refractivity contribution >= 4 is 11.9 Å². The Morgan fingerprint density at radius 2 is 1.86 bits per heavy atom. The van der Waals surface area contributed by atoms with Crippen molar-refractivity contribution in [3.05, 3.63) is 77.6 Å². The Bertz CT molecular complexity index is 1100. The fourth-order valence-corrected chi connectivity index (χ4v) is 3.65. The predicted molar refractivity (Wildman–Crippen MR) is 135 cm³/mol. The molecule has 2 aromatic carbocycles. The van der Waals surface area contributed by atoms with E-state index in [-0.39, 0.29) is 18.7 Å². The number of rotatable bonds is 14. The van der Waals surface area contributed by atoms with Gasteiger partial charge in [-0.15, -0.1) is 5.10 Å². The second-order valence-electron chi connectivity index (χ2n) is 8.39. The van der Waals surface area contributed by atoms with E-state index in [0.29, 0.717) is 25.5 Å². The first kappa shape index (κ1) is 26.6. The summed E-state index contributed by atoms with van der Waals surface area (Å²) in [6.45, 7) is 1.30. The summed E-state index contributed by atoms with van der Waals surface area (Å²) in [6.07, 6.45) is 2.75. The number of phenolic OH excluding ortho intramolecular Hbond substituents is 1. The molecule has 2 unspecified atom stereocenters. The van der Waals surface area contributed by atoms with E-state index in [1.165, 1.54) is 4.68 Å². The monoisotopic (exact) mass is 495 g/mol. The van der Waals surface area contributed by atoms with Gasteiger partial charge in [-0.3, -0.25) is 15.1 Å². The van der Waals surface area contributed by atoms with Crippen molar-refractivity contribution in [2.75, 3.05) is 13.1 Å². The Labute approximate surface area is 209 Å². The molecule has 7 N–H and O–H groups in total. The second kappa shape index (κ2) is 13.8. The number of phenols is 1. The lowest BCUT2D eigenvalue weighted by atomic mass is 10.0. The van der Waals surface area contributed by atoms with Gasteiger partial charge in [0.25, 0.3) is 0 Å². The third kappa shape index (κ3) is 9.35. The van der Waals surface area contributed by atoms with Crippen LogP contribution in [0, 0.1) is 0 Å². The first-order valence-corrected chi connectivity index (χ1v) is 11.8. The maximum absolute atomic E-state index is 11.2. The van der Waals surface area contributed by atoms with Gasteiger partial charge in [0, 0.05) is 25.3 Å². The van der Waals surface area contributed by atoms with Crippen molar-refractivity contribution in [3.63, 3.8) is 0 Å². The number of aliphatic imine (C=N–C) groups is 1. The number of carboxylic acids is 1. The number of aromatic hydroxyl groups is 1. The number of carbonyl (C=O) groups is 1. The molecular weight excluding hydrogens is 462 g/mol. The zero-order valence-corrected chi connectivity index (χ0v) is 20.0. The molecule has 0 saturated heterocycles. The molecule has 3 rings (SSSR count). The number of guanidine groups is 1. The molecule has 11 heteroatoms. The number of aliphatic hydroxyl groups excluding tert-OH is 1. The minimum absolute atomic E-state index is 0.131. The number of nitrogens with zero attached hydrogens (tertiary/aromatic N) is 4. The lowest BCUT2D eigenvalue weighted by molar-refractivity contribution is -0.137.